The molecule has 1 N–H and O–H groups in total. The van der Waals surface area contributed by atoms with E-state index in [1.54, 1.807) is 66.9 Å². The number of nitrogens with one attached hydrogen (secondary N) is 1. The van der Waals surface area contributed by atoms with Gasteiger partial charge in [-0.25, -0.2) is 0 Å². The van der Waals surface area contributed by atoms with Crippen LogP contribution in [0.25, 0.3) is 6.08 Å². The Morgan fingerprint density at radius 2 is 1.39 bits per heavy atom. The molecular formula is C39H44N2O8. The molecule has 10 nitrogen and oxygen atoms in total. The van der Waals surface area contributed by atoms with E-state index in [1.165, 1.54) is 6.42 Å². The molecule has 3 heterocycles. The van der Waals surface area contributed by atoms with Gasteiger partial charge in [0.2, 0.25) is 17.4 Å². The zero-order valence-corrected chi connectivity index (χ0v) is 28.9. The molecule has 1 aliphatic carbocycles. The average Bonchev–Trinajstić information content (AvgIpc) is 3.76. The minimum absolute atomic E-state index is 0.0728. The van der Waals surface area contributed by atoms with Crippen LogP contribution in [0.4, 0.5) is 5.69 Å². The van der Waals surface area contributed by atoms with Gasteiger partial charge in [-0.3, -0.25) is 14.5 Å². The molecule has 3 aromatic rings. The molecule has 49 heavy (non-hydrogen) atoms. The highest BCUT2D eigenvalue weighted by atomic mass is 16.5. The first kappa shape index (κ1) is 32.8. The summed E-state index contributed by atoms with van der Waals surface area (Å²) in [5.41, 5.74) is 1.97. The first-order valence-corrected chi connectivity index (χ1v) is 16.9. The predicted octanol–water partition coefficient (Wildman–Crippen LogP) is 6.21. The zero-order valence-electron chi connectivity index (χ0n) is 28.9. The molecule has 3 fully saturated rings. The van der Waals surface area contributed by atoms with Crippen molar-refractivity contribution in [2.75, 3.05) is 48.0 Å². The van der Waals surface area contributed by atoms with Crippen molar-refractivity contribution >= 4 is 23.5 Å². The number of hydrogen-bond donors (Lipinski definition) is 1. The number of para-hydroxylation sites is 1. The van der Waals surface area contributed by atoms with Crippen LogP contribution in [0.15, 0.2) is 54.6 Å². The Morgan fingerprint density at radius 3 is 2.00 bits per heavy atom. The third kappa shape index (κ3) is 4.94. The van der Waals surface area contributed by atoms with Gasteiger partial charge in [0.25, 0.3) is 0 Å². The molecule has 1 amide bonds. The molecule has 1 spiro atoms. The van der Waals surface area contributed by atoms with E-state index < -0.39 is 11.5 Å². The van der Waals surface area contributed by atoms with E-state index in [2.05, 4.69) is 10.2 Å². The summed E-state index contributed by atoms with van der Waals surface area (Å²) in [5, 5.41) is 3.20. The summed E-state index contributed by atoms with van der Waals surface area (Å²) in [4.78, 5) is 32.3. The molecule has 1 saturated carbocycles. The lowest BCUT2D eigenvalue weighted by molar-refractivity contribution is -0.136. The zero-order chi connectivity index (χ0) is 34.4. The van der Waals surface area contributed by atoms with E-state index >= 15 is 4.79 Å². The highest BCUT2D eigenvalue weighted by Gasteiger charge is 2.72. The number of ether oxygens (including phenoxy) is 6. The molecule has 6 atom stereocenters. The van der Waals surface area contributed by atoms with Crippen LogP contribution >= 0.6 is 0 Å². The number of benzene rings is 3. The molecule has 0 aromatic heterocycles. The van der Waals surface area contributed by atoms with Crippen molar-refractivity contribution in [1.29, 1.82) is 0 Å². The second kappa shape index (κ2) is 13.0. The van der Waals surface area contributed by atoms with Crippen LogP contribution in [0.3, 0.4) is 0 Å². The fourth-order valence-electron chi connectivity index (χ4n) is 9.38. The summed E-state index contributed by atoms with van der Waals surface area (Å²) in [6.07, 6.45) is 8.63. The van der Waals surface area contributed by atoms with Crippen LogP contribution in [0, 0.1) is 11.8 Å². The maximum Gasteiger partial charge on any atom is 0.250 e. The van der Waals surface area contributed by atoms with Crippen molar-refractivity contribution in [3.63, 3.8) is 0 Å². The lowest BCUT2D eigenvalue weighted by Crippen LogP contribution is -2.56. The number of allylic oxidation sites excluding steroid dienone is 1. The molecular weight excluding hydrogens is 624 g/mol. The predicted molar refractivity (Wildman–Crippen MR) is 185 cm³/mol. The Labute approximate surface area is 287 Å². The number of anilines is 1. The summed E-state index contributed by atoms with van der Waals surface area (Å²) in [6.45, 7) is 0. The van der Waals surface area contributed by atoms with Gasteiger partial charge in [-0.05, 0) is 72.7 Å². The Morgan fingerprint density at radius 1 is 0.796 bits per heavy atom. The van der Waals surface area contributed by atoms with E-state index in [9.17, 15) is 4.79 Å². The van der Waals surface area contributed by atoms with Gasteiger partial charge in [0, 0.05) is 29.3 Å². The van der Waals surface area contributed by atoms with E-state index in [4.69, 9.17) is 28.4 Å². The van der Waals surface area contributed by atoms with E-state index in [-0.39, 0.29) is 29.7 Å². The number of methoxy groups -OCH3 is 6. The lowest BCUT2D eigenvalue weighted by atomic mass is 9.68. The molecule has 10 heteroatoms. The van der Waals surface area contributed by atoms with Crippen LogP contribution in [0.5, 0.6) is 34.5 Å². The average molecular weight is 669 g/mol. The maximum atomic E-state index is 15.1. The highest BCUT2D eigenvalue weighted by Crippen LogP contribution is 2.65. The van der Waals surface area contributed by atoms with Gasteiger partial charge in [0.15, 0.2) is 28.8 Å². The number of ketones is 1. The first-order valence-electron chi connectivity index (χ1n) is 16.9. The lowest BCUT2D eigenvalue weighted by Gasteiger charge is -2.42. The molecule has 258 valence electrons. The van der Waals surface area contributed by atoms with Crippen molar-refractivity contribution in [1.82, 2.24) is 4.90 Å². The Hall–Kier alpha value is -4.70. The number of carbonyl (C=O) groups excluding carboxylic acids is 2. The van der Waals surface area contributed by atoms with Crippen molar-refractivity contribution in [2.24, 2.45) is 11.8 Å². The van der Waals surface area contributed by atoms with Gasteiger partial charge in [-0.2, -0.15) is 0 Å². The minimum atomic E-state index is -1.21. The van der Waals surface area contributed by atoms with Crippen LogP contribution in [-0.2, 0) is 15.1 Å². The monoisotopic (exact) mass is 668 g/mol. The molecule has 0 radical (unpaired) electrons. The quantitative estimate of drug-likeness (QED) is 0.253. The molecule has 0 bridgehead atoms. The number of hydrogen-bond acceptors (Lipinski definition) is 9. The highest BCUT2D eigenvalue weighted by molar-refractivity contribution is 6.12. The summed E-state index contributed by atoms with van der Waals surface area (Å²) in [7, 11) is 9.43. The van der Waals surface area contributed by atoms with E-state index in [0.717, 1.165) is 42.5 Å². The first-order chi connectivity index (χ1) is 23.9. The van der Waals surface area contributed by atoms with Gasteiger partial charge in [0.1, 0.15) is 5.54 Å². The van der Waals surface area contributed by atoms with Crippen molar-refractivity contribution < 1.29 is 38.0 Å². The number of carbonyl (C=O) groups is 2. The van der Waals surface area contributed by atoms with E-state index in [1.807, 2.05) is 36.4 Å². The summed E-state index contributed by atoms with van der Waals surface area (Å²) < 4.78 is 34.0. The van der Waals surface area contributed by atoms with Crippen LogP contribution in [0.1, 0.15) is 54.7 Å². The molecule has 7 rings (SSSR count). The van der Waals surface area contributed by atoms with Crippen molar-refractivity contribution in [3.05, 3.63) is 71.3 Å². The summed E-state index contributed by atoms with van der Waals surface area (Å²) in [5.74, 6) is 1.94. The molecule has 3 aromatic carbocycles. The second-order valence-electron chi connectivity index (χ2n) is 13.2. The van der Waals surface area contributed by atoms with Crippen molar-refractivity contribution in [3.8, 4) is 34.5 Å². The van der Waals surface area contributed by atoms with Crippen LogP contribution in [-0.4, -0.2) is 71.3 Å². The molecule has 3 aliphatic heterocycles. The third-order valence-electron chi connectivity index (χ3n) is 11.2. The Bertz CT molecular complexity index is 1760. The normalized spacial score (nSPS) is 27.0. The molecule has 0 unspecified atom stereocenters. The molecule has 4 aliphatic rings. The maximum absolute atomic E-state index is 15.1. The van der Waals surface area contributed by atoms with Gasteiger partial charge in [-0.15, -0.1) is 0 Å². The number of fused-ring (bicyclic) bond motifs is 6. The Kier molecular flexibility index (Phi) is 8.69. The Balaban J connectivity index is 1.44. The van der Waals surface area contributed by atoms with Crippen LogP contribution in [0.2, 0.25) is 0 Å². The molecule has 2 saturated heterocycles. The third-order valence-corrected chi connectivity index (χ3v) is 11.2. The van der Waals surface area contributed by atoms with Crippen molar-refractivity contribution in [2.45, 2.75) is 55.6 Å². The van der Waals surface area contributed by atoms with Gasteiger partial charge < -0.3 is 33.7 Å². The number of rotatable bonds is 10. The minimum Gasteiger partial charge on any atom is -0.493 e. The van der Waals surface area contributed by atoms with E-state index in [0.29, 0.717) is 46.0 Å². The fraction of sp³-hybridized carbons (Fsp3) is 0.436. The topological polar surface area (TPSA) is 105 Å². The summed E-state index contributed by atoms with van der Waals surface area (Å²) >= 11 is 0. The fourth-order valence-corrected chi connectivity index (χ4v) is 9.38. The van der Waals surface area contributed by atoms with Gasteiger partial charge >= 0.3 is 0 Å². The van der Waals surface area contributed by atoms with Gasteiger partial charge in [0.05, 0.1) is 48.6 Å². The standard InChI is InChI=1S/C39H44N2O8/c1-44-30-17-22(18-31(45-2)36(30)48-5)15-16-29(42)35-34(24-20-32(46-3)37(49-6)33(21-24)47-4)28-19-23-11-7-10-14-27(23)41(28)39(35)25-12-8-9-13-26(25)40-38(39)43/h8-9,12-13,15-18,20-21,23,27-28,34-35H,7,10-11,14,19H2,1-6H3,(H,40,43)/b16-15+/t23-,27+,28-,34-,35+,39+/m1/s1. The largest absolute Gasteiger partial charge is 0.493 e. The number of nitrogens with zero attached hydrogens (tertiary/aromatic N) is 1. The van der Waals surface area contributed by atoms with Gasteiger partial charge in [-0.1, -0.05) is 37.1 Å². The smallest absolute Gasteiger partial charge is 0.250 e. The summed E-state index contributed by atoms with van der Waals surface area (Å²) in [6, 6.07) is 15.4. The van der Waals surface area contributed by atoms with Crippen LogP contribution < -0.4 is 33.7 Å². The SMILES string of the molecule is COc1cc(/C=C/C(=O)[C@H]2[C@H](c3cc(OC)c(OC)c(OC)c3)[C@H]3C[C@H]4CCCC[C@@H]4N3[C@]23C(=O)Nc2ccccc23)cc(OC)c1OC. The second-order valence-corrected chi connectivity index (χ2v) is 13.2. The number of amides is 1.